The molecule has 0 amide bonds. The number of nitrogens with zero attached hydrogens (tertiary/aromatic N) is 1. The van der Waals surface area contributed by atoms with E-state index in [1.807, 2.05) is 0 Å². The van der Waals surface area contributed by atoms with E-state index in [9.17, 15) is 0 Å². The maximum absolute atomic E-state index is 7.49. The van der Waals surface area contributed by atoms with Crippen molar-refractivity contribution in [2.75, 3.05) is 5.88 Å². The highest BCUT2D eigenvalue weighted by molar-refractivity contribution is 6.19. The molecule has 0 bridgehead atoms. The van der Waals surface area contributed by atoms with Crippen LogP contribution in [0.25, 0.3) is 0 Å². The highest BCUT2D eigenvalue weighted by atomic mass is 35.5. The molecule has 0 saturated carbocycles. The van der Waals surface area contributed by atoms with E-state index in [1.54, 1.807) is 6.07 Å². The Morgan fingerprint density at radius 2 is 2.50 bits per heavy atom. The Hall–Kier alpha value is -0.220. The molecular formula is C2H3ClN+. The van der Waals surface area contributed by atoms with Gasteiger partial charge in [-0.3, -0.25) is 0 Å². The fourth-order valence-electron chi connectivity index (χ4n) is 0. The average Bonchev–Trinajstić information content (AvgIpc) is 1.37. The van der Waals surface area contributed by atoms with Crippen LogP contribution in [-0.4, -0.2) is 5.88 Å². The summed E-state index contributed by atoms with van der Waals surface area (Å²) in [5, 5.41) is 7.49. The Kier molecular flexibility index (Phi) is 2.63. The maximum atomic E-state index is 7.49. The first-order valence-electron chi connectivity index (χ1n) is 0.844. The summed E-state index contributed by atoms with van der Waals surface area (Å²) >= 11 is 4.82. The lowest BCUT2D eigenvalue weighted by Crippen LogP contribution is -1.47. The van der Waals surface area contributed by atoms with Crippen molar-refractivity contribution >= 4 is 11.6 Å². The summed E-state index contributed by atoms with van der Waals surface area (Å²) in [5.41, 5.74) is 0. The molecule has 0 rings (SSSR count). The van der Waals surface area contributed by atoms with Gasteiger partial charge in [-0.25, -0.2) is 0 Å². The highest BCUT2D eigenvalue weighted by Gasteiger charge is 1.52. The summed E-state index contributed by atoms with van der Waals surface area (Å²) < 4.78 is 0. The van der Waals surface area contributed by atoms with E-state index in [-0.39, 0.29) is 7.31 Å². The molecular weight excluding hydrogens is 73.5 g/mol. The van der Waals surface area contributed by atoms with E-state index in [0.29, 0.717) is 0 Å². The van der Waals surface area contributed by atoms with E-state index in [4.69, 9.17) is 16.9 Å². The van der Waals surface area contributed by atoms with Gasteiger partial charge in [0, 0.05) is 0 Å². The van der Waals surface area contributed by atoms with Gasteiger partial charge in [0.25, 0.3) is 0 Å². The molecule has 0 aliphatic heterocycles. The third-order valence-electron chi connectivity index (χ3n) is 0.0598. The number of rotatable bonds is 0. The van der Waals surface area contributed by atoms with E-state index in [2.05, 4.69) is 0 Å². The van der Waals surface area contributed by atoms with Crippen molar-refractivity contribution in [3.8, 4) is 6.07 Å². The van der Waals surface area contributed by atoms with Crippen molar-refractivity contribution in [2.45, 2.75) is 0 Å². The van der Waals surface area contributed by atoms with Crippen molar-refractivity contribution in [3.05, 3.63) is 0 Å². The van der Waals surface area contributed by atoms with Crippen molar-refractivity contribution in [1.29, 1.82) is 5.26 Å². The molecule has 0 heterocycles. The monoisotopic (exact) mass is 76.0 g/mol. The Morgan fingerprint density at radius 1 is 2.25 bits per heavy atom. The molecule has 0 aromatic rings. The van der Waals surface area contributed by atoms with E-state index < -0.39 is 0 Å². The summed E-state index contributed by atoms with van der Waals surface area (Å²) in [7, 11) is 0. The standard InChI is InChI=1S/C2H2ClN/c3-1-2-4/h1H2/p+1. The minimum Gasteiger partial charge on any atom is -0.197 e. The van der Waals surface area contributed by atoms with Crippen molar-refractivity contribution < 1.29 is 1.43 Å². The molecule has 0 fully saturated rings. The predicted molar refractivity (Wildman–Crippen MR) is 17.4 cm³/mol. The molecule has 22 valence electrons. The molecule has 4 heavy (non-hydrogen) atoms. The Bertz CT molecular complexity index is 39.4. The Labute approximate surface area is 31.3 Å². The quantitative estimate of drug-likeness (QED) is 0.393. The third-order valence-corrected chi connectivity index (χ3v) is 0.179. The number of hydrogen-bond acceptors (Lipinski definition) is 1. The van der Waals surface area contributed by atoms with Gasteiger partial charge in [-0.1, -0.05) is 0 Å². The van der Waals surface area contributed by atoms with Crippen LogP contribution in [0.3, 0.4) is 0 Å². The van der Waals surface area contributed by atoms with Gasteiger partial charge in [0.15, 0.2) is 0 Å². The van der Waals surface area contributed by atoms with Crippen LogP contribution in [0.1, 0.15) is 1.43 Å². The third kappa shape index (κ3) is 1.78. The molecule has 2 heteroatoms. The molecule has 0 spiro atoms. The van der Waals surface area contributed by atoms with Crippen LogP contribution in [0.15, 0.2) is 0 Å². The first kappa shape index (κ1) is 3.78. The molecule has 0 atom stereocenters. The van der Waals surface area contributed by atoms with Gasteiger partial charge >= 0.3 is 1.43 Å². The summed E-state index contributed by atoms with van der Waals surface area (Å²) in [5.74, 6) is 0.0972. The molecule has 1 nitrogen and oxygen atoms in total. The average molecular weight is 76.5 g/mol. The zero-order valence-electron chi connectivity index (χ0n) is 3.03. The van der Waals surface area contributed by atoms with Gasteiger partial charge in [0.1, 0.15) is 5.88 Å². The van der Waals surface area contributed by atoms with Gasteiger partial charge in [-0.15, -0.1) is 11.6 Å². The second kappa shape index (κ2) is 2.78. The molecule has 0 aliphatic carbocycles. The highest BCUT2D eigenvalue weighted by Crippen LogP contribution is 1.61. The molecule has 0 saturated heterocycles. The SMILES string of the molecule is N#CCCl.[H+]. The van der Waals surface area contributed by atoms with Crippen LogP contribution in [0.5, 0.6) is 0 Å². The lowest BCUT2D eigenvalue weighted by molar-refractivity contribution is 1.49. The number of alkyl halides is 1. The van der Waals surface area contributed by atoms with Gasteiger partial charge in [0.05, 0.1) is 6.07 Å². The van der Waals surface area contributed by atoms with Gasteiger partial charge in [-0.2, -0.15) is 5.26 Å². The topological polar surface area (TPSA) is 23.8 Å². The Morgan fingerprint density at radius 3 is 2.50 bits per heavy atom. The largest absolute Gasteiger partial charge is 1.00 e. The van der Waals surface area contributed by atoms with Crippen LogP contribution in [0, 0.1) is 11.3 Å². The first-order valence-corrected chi connectivity index (χ1v) is 1.38. The van der Waals surface area contributed by atoms with Gasteiger partial charge in [-0.05, 0) is 0 Å². The van der Waals surface area contributed by atoms with E-state index >= 15 is 0 Å². The van der Waals surface area contributed by atoms with Crippen LogP contribution in [-0.2, 0) is 0 Å². The Balaban J connectivity index is 0. The molecule has 0 radical (unpaired) electrons. The van der Waals surface area contributed by atoms with Crippen LogP contribution < -0.4 is 0 Å². The molecule has 0 aromatic heterocycles. The second-order valence-electron chi connectivity index (χ2n) is 0.292. The normalized spacial score (nSPS) is 5.00. The van der Waals surface area contributed by atoms with Gasteiger partial charge < -0.3 is 0 Å². The predicted octanol–water partition coefficient (Wildman–Crippen LogP) is 0.861. The minimum atomic E-state index is 0. The number of halogens is 1. The summed E-state index contributed by atoms with van der Waals surface area (Å²) in [6.45, 7) is 0. The number of nitriles is 1. The molecule has 0 unspecified atom stereocenters. The number of hydrogen-bond donors (Lipinski definition) is 0. The zero-order valence-corrected chi connectivity index (χ0v) is 2.79. The second-order valence-corrected chi connectivity index (χ2v) is 0.559. The molecule has 0 N–H and O–H groups in total. The minimum absolute atomic E-state index is 0. The smallest absolute Gasteiger partial charge is 0.197 e. The van der Waals surface area contributed by atoms with E-state index in [0.717, 1.165) is 0 Å². The fraction of sp³-hybridized carbons (Fsp3) is 0.500. The lowest BCUT2D eigenvalue weighted by Gasteiger charge is -1.44. The van der Waals surface area contributed by atoms with Crippen LogP contribution >= 0.6 is 11.6 Å². The van der Waals surface area contributed by atoms with Crippen LogP contribution in [0.2, 0.25) is 0 Å². The maximum Gasteiger partial charge on any atom is 1.00 e. The lowest BCUT2D eigenvalue weighted by atomic mass is 10.9. The van der Waals surface area contributed by atoms with Crippen molar-refractivity contribution in [3.63, 3.8) is 0 Å². The zero-order chi connectivity index (χ0) is 3.41. The van der Waals surface area contributed by atoms with Crippen molar-refractivity contribution in [2.24, 2.45) is 0 Å². The van der Waals surface area contributed by atoms with Crippen molar-refractivity contribution in [1.82, 2.24) is 0 Å². The van der Waals surface area contributed by atoms with Gasteiger partial charge in [0.2, 0.25) is 0 Å². The van der Waals surface area contributed by atoms with Crippen LogP contribution in [0.4, 0.5) is 0 Å². The fourth-order valence-corrected chi connectivity index (χ4v) is 0. The summed E-state index contributed by atoms with van der Waals surface area (Å²) in [6, 6.07) is 1.70. The summed E-state index contributed by atoms with van der Waals surface area (Å²) in [4.78, 5) is 0. The summed E-state index contributed by atoms with van der Waals surface area (Å²) in [6.07, 6.45) is 0. The molecule has 0 aromatic carbocycles. The molecule has 0 aliphatic rings. The van der Waals surface area contributed by atoms with E-state index in [1.165, 1.54) is 0 Å². The first-order chi connectivity index (χ1) is 1.91.